The van der Waals surface area contributed by atoms with Crippen LogP contribution >= 0.6 is 0 Å². The fourth-order valence-electron chi connectivity index (χ4n) is 2.05. The molecule has 1 atom stereocenters. The van der Waals surface area contributed by atoms with Crippen molar-refractivity contribution < 1.29 is 13.5 Å². The molecule has 0 fully saturated rings. The third-order valence-corrected chi connectivity index (χ3v) is 4.73. The maximum absolute atomic E-state index is 12.3. The first-order valence-corrected chi connectivity index (χ1v) is 8.23. The molecule has 2 rings (SSSR count). The Bertz CT molecular complexity index is 666. The second-order valence-electron chi connectivity index (χ2n) is 5.00. The van der Waals surface area contributed by atoms with Gasteiger partial charge in [-0.1, -0.05) is 48.0 Å². The van der Waals surface area contributed by atoms with Gasteiger partial charge in [-0.25, -0.2) is 13.1 Å². The van der Waals surface area contributed by atoms with E-state index in [2.05, 4.69) is 4.72 Å². The number of hydrogen-bond acceptors (Lipinski definition) is 3. The van der Waals surface area contributed by atoms with Gasteiger partial charge < -0.3 is 5.11 Å². The van der Waals surface area contributed by atoms with Gasteiger partial charge in [0.15, 0.2) is 0 Å². The van der Waals surface area contributed by atoms with Crippen molar-refractivity contribution in [2.45, 2.75) is 24.3 Å². The van der Waals surface area contributed by atoms with Crippen molar-refractivity contribution in [1.82, 2.24) is 4.72 Å². The molecule has 0 radical (unpaired) electrons. The Hall–Kier alpha value is -1.69. The summed E-state index contributed by atoms with van der Waals surface area (Å²) in [5, 5.41) is 9.41. The van der Waals surface area contributed by atoms with Crippen molar-refractivity contribution in [2.75, 3.05) is 6.61 Å². The third-order valence-electron chi connectivity index (χ3n) is 3.20. The highest BCUT2D eigenvalue weighted by Gasteiger charge is 2.19. The second kappa shape index (κ2) is 6.85. The fraction of sp³-hybridized carbons (Fsp3) is 0.250. The van der Waals surface area contributed by atoms with Gasteiger partial charge >= 0.3 is 0 Å². The zero-order chi connectivity index (χ0) is 15.3. The van der Waals surface area contributed by atoms with Crippen LogP contribution in [-0.4, -0.2) is 26.2 Å². The van der Waals surface area contributed by atoms with Crippen LogP contribution < -0.4 is 4.72 Å². The lowest BCUT2D eigenvalue weighted by Gasteiger charge is -2.16. The summed E-state index contributed by atoms with van der Waals surface area (Å²) in [6.07, 6.45) is 0.447. The average molecular weight is 305 g/mol. The normalized spacial score (nSPS) is 13.0. The smallest absolute Gasteiger partial charge is 0.240 e. The molecule has 0 heterocycles. The molecule has 0 aliphatic carbocycles. The summed E-state index contributed by atoms with van der Waals surface area (Å²) >= 11 is 0. The lowest BCUT2D eigenvalue weighted by atomic mass is 10.1. The summed E-state index contributed by atoms with van der Waals surface area (Å²) in [4.78, 5) is 0.208. The zero-order valence-electron chi connectivity index (χ0n) is 11.9. The van der Waals surface area contributed by atoms with Gasteiger partial charge in [0.05, 0.1) is 11.5 Å². The van der Waals surface area contributed by atoms with Gasteiger partial charge in [-0.15, -0.1) is 0 Å². The van der Waals surface area contributed by atoms with E-state index in [0.717, 1.165) is 11.1 Å². The predicted molar refractivity (Wildman–Crippen MR) is 82.5 cm³/mol. The van der Waals surface area contributed by atoms with Crippen LogP contribution in [0.5, 0.6) is 0 Å². The summed E-state index contributed by atoms with van der Waals surface area (Å²) in [6, 6.07) is 15.6. The van der Waals surface area contributed by atoms with Crippen LogP contribution in [0.3, 0.4) is 0 Å². The first-order valence-electron chi connectivity index (χ1n) is 6.75. The summed E-state index contributed by atoms with van der Waals surface area (Å²) in [5.74, 6) is 0. The molecule has 2 N–H and O–H groups in total. The lowest BCUT2D eigenvalue weighted by Crippen LogP contribution is -2.39. The Kier molecular flexibility index (Phi) is 5.12. The molecular weight excluding hydrogens is 286 g/mol. The van der Waals surface area contributed by atoms with E-state index in [9.17, 15) is 13.5 Å². The summed E-state index contributed by atoms with van der Waals surface area (Å²) in [6.45, 7) is 1.65. The van der Waals surface area contributed by atoms with Gasteiger partial charge in [0, 0.05) is 6.04 Å². The van der Waals surface area contributed by atoms with E-state index in [1.165, 1.54) is 0 Å². The van der Waals surface area contributed by atoms with Gasteiger partial charge in [0.25, 0.3) is 0 Å². The lowest BCUT2D eigenvalue weighted by molar-refractivity contribution is 0.256. The Morgan fingerprint density at radius 3 is 2.24 bits per heavy atom. The van der Waals surface area contributed by atoms with Crippen molar-refractivity contribution in [3.63, 3.8) is 0 Å². The molecule has 0 amide bonds. The molecule has 0 spiro atoms. The van der Waals surface area contributed by atoms with E-state index in [1.54, 1.807) is 24.3 Å². The topological polar surface area (TPSA) is 66.4 Å². The minimum absolute atomic E-state index is 0.208. The number of nitrogens with one attached hydrogen (secondary N) is 1. The standard InChI is InChI=1S/C16H19NO3S/c1-13-7-9-16(10-8-13)21(19,20)17-15(12-18)11-14-5-3-2-4-6-14/h2-10,15,17-18H,11-12H2,1H3. The summed E-state index contributed by atoms with van der Waals surface area (Å²) < 4.78 is 27.1. The number of rotatable bonds is 6. The van der Waals surface area contributed by atoms with Crippen LogP contribution in [0.2, 0.25) is 0 Å². The van der Waals surface area contributed by atoms with Gasteiger partial charge in [-0.05, 0) is 31.0 Å². The van der Waals surface area contributed by atoms with Crippen LogP contribution in [0.15, 0.2) is 59.5 Å². The number of aliphatic hydroxyl groups is 1. The minimum Gasteiger partial charge on any atom is -0.395 e. The van der Waals surface area contributed by atoms with E-state index in [0.29, 0.717) is 6.42 Å². The van der Waals surface area contributed by atoms with Crippen LogP contribution in [-0.2, 0) is 16.4 Å². The van der Waals surface area contributed by atoms with Crippen LogP contribution in [0.25, 0.3) is 0 Å². The van der Waals surface area contributed by atoms with Crippen LogP contribution in [0.4, 0.5) is 0 Å². The largest absolute Gasteiger partial charge is 0.395 e. The van der Waals surface area contributed by atoms with Gasteiger partial charge in [-0.2, -0.15) is 0 Å². The van der Waals surface area contributed by atoms with Gasteiger partial charge in [-0.3, -0.25) is 0 Å². The number of hydrogen-bond donors (Lipinski definition) is 2. The monoisotopic (exact) mass is 305 g/mol. The molecule has 0 aliphatic rings. The summed E-state index contributed by atoms with van der Waals surface area (Å²) in [7, 11) is -3.62. The Morgan fingerprint density at radius 2 is 1.67 bits per heavy atom. The molecule has 0 aromatic heterocycles. The number of aliphatic hydroxyl groups excluding tert-OH is 1. The molecule has 0 aliphatic heterocycles. The highest BCUT2D eigenvalue weighted by atomic mass is 32.2. The average Bonchev–Trinajstić information content (AvgIpc) is 2.48. The molecule has 2 aromatic rings. The number of benzene rings is 2. The molecule has 1 unspecified atom stereocenters. The molecule has 5 heteroatoms. The molecule has 112 valence electrons. The van der Waals surface area contributed by atoms with Gasteiger partial charge in [0.1, 0.15) is 0 Å². The maximum Gasteiger partial charge on any atom is 0.240 e. The van der Waals surface area contributed by atoms with Gasteiger partial charge in [0.2, 0.25) is 10.0 Å². The van der Waals surface area contributed by atoms with E-state index in [1.807, 2.05) is 37.3 Å². The highest BCUT2D eigenvalue weighted by Crippen LogP contribution is 2.12. The Labute approximate surface area is 125 Å². The van der Waals surface area contributed by atoms with E-state index < -0.39 is 16.1 Å². The fourth-order valence-corrected chi connectivity index (χ4v) is 3.27. The van der Waals surface area contributed by atoms with E-state index >= 15 is 0 Å². The van der Waals surface area contributed by atoms with E-state index in [4.69, 9.17) is 0 Å². The van der Waals surface area contributed by atoms with Crippen LogP contribution in [0.1, 0.15) is 11.1 Å². The first kappa shape index (κ1) is 15.7. The minimum atomic E-state index is -3.62. The van der Waals surface area contributed by atoms with Crippen molar-refractivity contribution in [3.8, 4) is 0 Å². The highest BCUT2D eigenvalue weighted by molar-refractivity contribution is 7.89. The van der Waals surface area contributed by atoms with E-state index in [-0.39, 0.29) is 11.5 Å². The molecule has 4 nitrogen and oxygen atoms in total. The Morgan fingerprint density at radius 1 is 1.05 bits per heavy atom. The second-order valence-corrected chi connectivity index (χ2v) is 6.72. The molecule has 21 heavy (non-hydrogen) atoms. The number of aryl methyl sites for hydroxylation is 1. The molecule has 0 saturated heterocycles. The van der Waals surface area contributed by atoms with Crippen molar-refractivity contribution in [2.24, 2.45) is 0 Å². The maximum atomic E-state index is 12.3. The summed E-state index contributed by atoms with van der Waals surface area (Å²) in [5.41, 5.74) is 1.97. The number of sulfonamides is 1. The quantitative estimate of drug-likeness (QED) is 0.856. The zero-order valence-corrected chi connectivity index (χ0v) is 12.7. The predicted octanol–water partition coefficient (Wildman–Crippen LogP) is 1.88. The van der Waals surface area contributed by atoms with Crippen molar-refractivity contribution >= 4 is 10.0 Å². The van der Waals surface area contributed by atoms with Crippen LogP contribution in [0, 0.1) is 6.92 Å². The SMILES string of the molecule is Cc1ccc(S(=O)(=O)NC(CO)Cc2ccccc2)cc1. The molecule has 0 bridgehead atoms. The van der Waals surface area contributed by atoms with Crippen molar-refractivity contribution in [1.29, 1.82) is 0 Å². The molecular formula is C16H19NO3S. The molecule has 0 saturated carbocycles. The third kappa shape index (κ3) is 4.39. The molecule has 2 aromatic carbocycles. The van der Waals surface area contributed by atoms with Crippen molar-refractivity contribution in [3.05, 3.63) is 65.7 Å². The Balaban J connectivity index is 2.12. The first-order chi connectivity index (χ1) is 10.0.